The Hall–Kier alpha value is -1.80. The summed E-state index contributed by atoms with van der Waals surface area (Å²) in [5.41, 5.74) is 11.3. The van der Waals surface area contributed by atoms with Gasteiger partial charge in [0.2, 0.25) is 0 Å². The highest BCUT2D eigenvalue weighted by atomic mass is 15.2. The fourth-order valence-electron chi connectivity index (χ4n) is 2.96. The predicted molar refractivity (Wildman–Crippen MR) is 80.1 cm³/mol. The molecule has 19 heavy (non-hydrogen) atoms. The monoisotopic (exact) mass is 252 g/mol. The Balaban J connectivity index is 1.91. The van der Waals surface area contributed by atoms with Crippen LogP contribution in [0.5, 0.6) is 0 Å². The number of hydrogen-bond acceptors (Lipinski definition) is 2. The van der Waals surface area contributed by atoms with Crippen molar-refractivity contribution in [3.05, 3.63) is 65.2 Å². The minimum absolute atomic E-state index is 0.559. The Kier molecular flexibility index (Phi) is 3.26. The van der Waals surface area contributed by atoms with Crippen molar-refractivity contribution in [2.24, 2.45) is 5.73 Å². The first kappa shape index (κ1) is 12.2. The maximum absolute atomic E-state index is 5.84. The molecule has 0 amide bonds. The van der Waals surface area contributed by atoms with Gasteiger partial charge in [0.25, 0.3) is 0 Å². The van der Waals surface area contributed by atoms with E-state index >= 15 is 0 Å². The molecule has 0 saturated heterocycles. The van der Waals surface area contributed by atoms with Crippen molar-refractivity contribution in [3.8, 4) is 0 Å². The third-order valence-corrected chi connectivity index (χ3v) is 4.03. The first-order valence-corrected chi connectivity index (χ1v) is 6.91. The Morgan fingerprint density at radius 1 is 1.05 bits per heavy atom. The van der Waals surface area contributed by atoms with Crippen molar-refractivity contribution in [1.82, 2.24) is 0 Å². The molecule has 1 atom stereocenters. The van der Waals surface area contributed by atoms with Crippen molar-refractivity contribution in [1.29, 1.82) is 0 Å². The number of fused-ring (bicyclic) bond motifs is 1. The minimum Gasteiger partial charge on any atom is -0.364 e. The lowest BCUT2D eigenvalue weighted by molar-refractivity contribution is 0.669. The fraction of sp³-hybridized carbons (Fsp3) is 0.294. The largest absolute Gasteiger partial charge is 0.364 e. The standard InChI is InChI=1S/C17H20N2/c1-13-10-14-6-4-5-9-17(14)19(13)12-16-8-3-2-7-15(16)11-18/h2-9,13H,10-12,18H2,1H3. The van der Waals surface area contributed by atoms with Crippen LogP contribution >= 0.6 is 0 Å². The predicted octanol–water partition coefficient (Wildman–Crippen LogP) is 3.10. The topological polar surface area (TPSA) is 29.3 Å². The second-order valence-electron chi connectivity index (χ2n) is 5.28. The van der Waals surface area contributed by atoms with Gasteiger partial charge >= 0.3 is 0 Å². The number of nitrogens with two attached hydrogens (primary N) is 1. The van der Waals surface area contributed by atoms with E-state index in [1.54, 1.807) is 0 Å². The van der Waals surface area contributed by atoms with E-state index in [0.29, 0.717) is 12.6 Å². The third kappa shape index (κ3) is 2.24. The second kappa shape index (κ2) is 5.06. The molecule has 0 saturated carbocycles. The first-order chi connectivity index (χ1) is 9.29. The van der Waals surface area contributed by atoms with Crippen LogP contribution in [0.25, 0.3) is 0 Å². The quantitative estimate of drug-likeness (QED) is 0.909. The average Bonchev–Trinajstić information content (AvgIpc) is 2.76. The molecular weight excluding hydrogens is 232 g/mol. The zero-order valence-corrected chi connectivity index (χ0v) is 11.3. The van der Waals surface area contributed by atoms with Gasteiger partial charge in [0.1, 0.15) is 0 Å². The van der Waals surface area contributed by atoms with Crippen LogP contribution in [0.15, 0.2) is 48.5 Å². The summed E-state index contributed by atoms with van der Waals surface area (Å²) >= 11 is 0. The van der Waals surface area contributed by atoms with E-state index in [4.69, 9.17) is 5.73 Å². The number of benzene rings is 2. The molecule has 0 spiro atoms. The molecule has 0 aromatic heterocycles. The van der Waals surface area contributed by atoms with Crippen LogP contribution in [-0.4, -0.2) is 6.04 Å². The lowest BCUT2D eigenvalue weighted by Crippen LogP contribution is -2.29. The van der Waals surface area contributed by atoms with Crippen molar-refractivity contribution in [2.45, 2.75) is 32.5 Å². The third-order valence-electron chi connectivity index (χ3n) is 4.03. The van der Waals surface area contributed by atoms with Crippen molar-refractivity contribution >= 4 is 5.69 Å². The summed E-state index contributed by atoms with van der Waals surface area (Å²) in [6.45, 7) is 3.86. The van der Waals surface area contributed by atoms with Gasteiger partial charge in [0.15, 0.2) is 0 Å². The summed E-state index contributed by atoms with van der Waals surface area (Å²) < 4.78 is 0. The van der Waals surface area contributed by atoms with E-state index < -0.39 is 0 Å². The van der Waals surface area contributed by atoms with Gasteiger partial charge in [0, 0.05) is 24.8 Å². The zero-order chi connectivity index (χ0) is 13.2. The molecule has 0 bridgehead atoms. The molecule has 0 radical (unpaired) electrons. The van der Waals surface area contributed by atoms with Crippen LogP contribution in [0.3, 0.4) is 0 Å². The molecule has 2 nitrogen and oxygen atoms in total. The molecule has 1 heterocycles. The molecule has 2 N–H and O–H groups in total. The van der Waals surface area contributed by atoms with Gasteiger partial charge in [-0.25, -0.2) is 0 Å². The van der Waals surface area contributed by atoms with Gasteiger partial charge in [-0.3, -0.25) is 0 Å². The van der Waals surface area contributed by atoms with Gasteiger partial charge in [0.05, 0.1) is 0 Å². The molecule has 2 aromatic rings. The van der Waals surface area contributed by atoms with Gasteiger partial charge in [-0.05, 0) is 36.1 Å². The highest BCUT2D eigenvalue weighted by Gasteiger charge is 2.25. The van der Waals surface area contributed by atoms with Crippen molar-refractivity contribution in [3.63, 3.8) is 0 Å². The molecule has 0 aliphatic carbocycles. The number of hydrogen-bond donors (Lipinski definition) is 1. The van der Waals surface area contributed by atoms with Crippen LogP contribution in [0.4, 0.5) is 5.69 Å². The fourth-order valence-corrected chi connectivity index (χ4v) is 2.96. The molecule has 1 aliphatic heterocycles. The van der Waals surface area contributed by atoms with E-state index in [1.165, 1.54) is 22.4 Å². The molecule has 98 valence electrons. The second-order valence-corrected chi connectivity index (χ2v) is 5.28. The highest BCUT2D eigenvalue weighted by molar-refractivity contribution is 5.59. The van der Waals surface area contributed by atoms with E-state index in [2.05, 4.69) is 60.4 Å². The van der Waals surface area contributed by atoms with Gasteiger partial charge in [-0.2, -0.15) is 0 Å². The number of anilines is 1. The molecule has 2 aromatic carbocycles. The summed E-state index contributed by atoms with van der Waals surface area (Å²) in [5, 5.41) is 0. The van der Waals surface area contributed by atoms with Crippen LogP contribution in [0.1, 0.15) is 23.6 Å². The Morgan fingerprint density at radius 2 is 1.74 bits per heavy atom. The lowest BCUT2D eigenvalue weighted by atomic mass is 10.1. The van der Waals surface area contributed by atoms with E-state index in [0.717, 1.165) is 13.0 Å². The Bertz CT molecular complexity index is 577. The highest BCUT2D eigenvalue weighted by Crippen LogP contribution is 2.33. The van der Waals surface area contributed by atoms with Crippen molar-refractivity contribution in [2.75, 3.05) is 4.90 Å². The Labute approximate surface area is 114 Å². The SMILES string of the molecule is CC1Cc2ccccc2N1Cc1ccccc1CN. The minimum atomic E-state index is 0.559. The maximum Gasteiger partial charge on any atom is 0.0435 e. The molecule has 1 aliphatic rings. The van der Waals surface area contributed by atoms with Gasteiger partial charge in [-0.1, -0.05) is 42.5 Å². The smallest absolute Gasteiger partial charge is 0.0435 e. The van der Waals surface area contributed by atoms with Crippen LogP contribution in [-0.2, 0) is 19.5 Å². The van der Waals surface area contributed by atoms with Gasteiger partial charge in [-0.15, -0.1) is 0 Å². The molecule has 2 heteroatoms. The van der Waals surface area contributed by atoms with Crippen LogP contribution in [0, 0.1) is 0 Å². The van der Waals surface area contributed by atoms with E-state index in [-0.39, 0.29) is 0 Å². The average molecular weight is 252 g/mol. The van der Waals surface area contributed by atoms with E-state index in [1.807, 2.05) is 0 Å². The summed E-state index contributed by atoms with van der Waals surface area (Å²) in [6.07, 6.45) is 1.14. The van der Waals surface area contributed by atoms with Crippen LogP contribution in [0.2, 0.25) is 0 Å². The lowest BCUT2D eigenvalue weighted by Gasteiger charge is -2.26. The summed E-state index contributed by atoms with van der Waals surface area (Å²) in [5.74, 6) is 0. The Morgan fingerprint density at radius 3 is 2.53 bits per heavy atom. The molecular formula is C17H20N2. The molecule has 0 fully saturated rings. The molecule has 3 rings (SSSR count). The number of para-hydroxylation sites is 1. The first-order valence-electron chi connectivity index (χ1n) is 6.91. The van der Waals surface area contributed by atoms with Crippen LogP contribution < -0.4 is 10.6 Å². The van der Waals surface area contributed by atoms with E-state index in [9.17, 15) is 0 Å². The normalized spacial score (nSPS) is 17.6. The summed E-state index contributed by atoms with van der Waals surface area (Å²) in [7, 11) is 0. The summed E-state index contributed by atoms with van der Waals surface area (Å²) in [6, 6.07) is 17.8. The van der Waals surface area contributed by atoms with Crippen molar-refractivity contribution < 1.29 is 0 Å². The number of nitrogens with zero attached hydrogens (tertiary/aromatic N) is 1. The maximum atomic E-state index is 5.84. The zero-order valence-electron chi connectivity index (χ0n) is 11.3. The van der Waals surface area contributed by atoms with Gasteiger partial charge < -0.3 is 10.6 Å². The number of rotatable bonds is 3. The summed E-state index contributed by atoms with van der Waals surface area (Å²) in [4.78, 5) is 2.49. The molecule has 1 unspecified atom stereocenters.